The molecule has 0 aliphatic carbocycles. The number of nitrogens with zero attached hydrogens (tertiary/aromatic N) is 2. The Labute approximate surface area is 124 Å². The minimum absolute atomic E-state index is 0.439. The maximum absolute atomic E-state index is 12.5. The maximum atomic E-state index is 12.5. The van der Waals surface area contributed by atoms with Crippen LogP contribution < -0.4 is 5.32 Å². The van der Waals surface area contributed by atoms with Gasteiger partial charge >= 0.3 is 0 Å². The molecule has 0 bridgehead atoms. The fourth-order valence-electron chi connectivity index (χ4n) is 2.44. The average Bonchev–Trinajstić information content (AvgIpc) is 2.37. The number of nitrogens with one attached hydrogen (secondary N) is 1. The third-order valence-electron chi connectivity index (χ3n) is 4.22. The Balaban J connectivity index is 2.46. The van der Waals surface area contributed by atoms with E-state index in [0.717, 1.165) is 19.4 Å². The maximum Gasteiger partial charge on any atom is 0.281 e. The monoisotopic (exact) mass is 305 g/mol. The molecule has 1 aliphatic heterocycles. The van der Waals surface area contributed by atoms with Crippen LogP contribution in [0.25, 0.3) is 0 Å². The Morgan fingerprint density at radius 2 is 1.95 bits per heavy atom. The molecule has 0 aromatic carbocycles. The molecule has 1 rings (SSSR count). The molecule has 6 heteroatoms. The lowest BCUT2D eigenvalue weighted by atomic mass is 9.90. The summed E-state index contributed by atoms with van der Waals surface area (Å²) in [6, 6.07) is 0.446. The standard InChI is InChI=1S/C14H31N3O2S/c1-12(2)15-8-6-9-16(5)20(18,19)17-10-7-13(3)14(4)11-17/h12-15H,6-11H2,1-5H3. The van der Waals surface area contributed by atoms with Crippen molar-refractivity contribution < 1.29 is 8.42 Å². The molecule has 0 spiro atoms. The summed E-state index contributed by atoms with van der Waals surface area (Å²) in [7, 11) is -1.59. The molecule has 2 atom stereocenters. The minimum Gasteiger partial charge on any atom is -0.314 e. The van der Waals surface area contributed by atoms with Crippen molar-refractivity contribution in [2.45, 2.75) is 46.6 Å². The van der Waals surface area contributed by atoms with Gasteiger partial charge in [-0.15, -0.1) is 0 Å². The molecule has 2 unspecified atom stereocenters. The van der Waals surface area contributed by atoms with E-state index in [-0.39, 0.29) is 0 Å². The largest absolute Gasteiger partial charge is 0.314 e. The van der Waals surface area contributed by atoms with Crippen LogP contribution in [0.4, 0.5) is 0 Å². The Bertz CT molecular complexity index is 384. The van der Waals surface area contributed by atoms with Crippen LogP contribution in [-0.2, 0) is 10.2 Å². The van der Waals surface area contributed by atoms with Crippen LogP contribution in [0, 0.1) is 11.8 Å². The van der Waals surface area contributed by atoms with Gasteiger partial charge in [0.15, 0.2) is 0 Å². The first-order chi connectivity index (χ1) is 9.25. The first-order valence-corrected chi connectivity index (χ1v) is 9.09. The zero-order valence-corrected chi connectivity index (χ0v) is 14.4. The lowest BCUT2D eigenvalue weighted by Gasteiger charge is -2.36. The van der Waals surface area contributed by atoms with E-state index in [9.17, 15) is 8.42 Å². The summed E-state index contributed by atoms with van der Waals surface area (Å²) in [6.45, 7) is 11.3. The molecule has 0 aromatic rings. The van der Waals surface area contributed by atoms with Crippen LogP contribution in [0.1, 0.15) is 40.5 Å². The van der Waals surface area contributed by atoms with Crippen molar-refractivity contribution in [1.82, 2.24) is 13.9 Å². The number of rotatable bonds is 7. The van der Waals surface area contributed by atoms with E-state index in [0.29, 0.717) is 37.5 Å². The fourth-order valence-corrected chi connectivity index (χ4v) is 3.95. The Kier molecular flexibility index (Phi) is 6.91. The highest BCUT2D eigenvalue weighted by Gasteiger charge is 2.32. The van der Waals surface area contributed by atoms with Crippen LogP contribution in [-0.4, -0.2) is 56.3 Å². The topological polar surface area (TPSA) is 52.7 Å². The quantitative estimate of drug-likeness (QED) is 0.726. The summed E-state index contributed by atoms with van der Waals surface area (Å²) < 4.78 is 28.1. The molecule has 0 radical (unpaired) electrons. The van der Waals surface area contributed by atoms with Gasteiger partial charge < -0.3 is 5.32 Å². The Morgan fingerprint density at radius 3 is 2.50 bits per heavy atom. The Morgan fingerprint density at radius 1 is 1.30 bits per heavy atom. The molecule has 1 saturated heterocycles. The molecule has 0 aromatic heterocycles. The lowest BCUT2D eigenvalue weighted by Crippen LogP contribution is -2.48. The molecular weight excluding hydrogens is 274 g/mol. The van der Waals surface area contributed by atoms with Crippen molar-refractivity contribution in [3.05, 3.63) is 0 Å². The second-order valence-corrected chi connectivity index (χ2v) is 8.43. The normalized spacial score (nSPS) is 25.6. The van der Waals surface area contributed by atoms with Gasteiger partial charge in [-0.3, -0.25) is 0 Å². The van der Waals surface area contributed by atoms with Gasteiger partial charge in [-0.25, -0.2) is 0 Å². The molecule has 1 heterocycles. The van der Waals surface area contributed by atoms with Gasteiger partial charge in [0.05, 0.1) is 0 Å². The van der Waals surface area contributed by atoms with Crippen LogP contribution in [0.3, 0.4) is 0 Å². The molecular formula is C14H31N3O2S. The van der Waals surface area contributed by atoms with Gasteiger partial charge in [0, 0.05) is 32.7 Å². The van der Waals surface area contributed by atoms with Crippen LogP contribution in [0.2, 0.25) is 0 Å². The first-order valence-electron chi connectivity index (χ1n) is 7.70. The van der Waals surface area contributed by atoms with E-state index >= 15 is 0 Å². The Hall–Kier alpha value is -0.170. The fraction of sp³-hybridized carbons (Fsp3) is 1.00. The zero-order chi connectivity index (χ0) is 15.3. The van der Waals surface area contributed by atoms with E-state index in [1.165, 1.54) is 4.31 Å². The van der Waals surface area contributed by atoms with Crippen molar-refractivity contribution in [2.24, 2.45) is 11.8 Å². The number of hydrogen-bond acceptors (Lipinski definition) is 3. The summed E-state index contributed by atoms with van der Waals surface area (Å²) in [5.41, 5.74) is 0. The predicted octanol–water partition coefficient (Wildman–Crippen LogP) is 1.53. The molecule has 0 amide bonds. The molecule has 1 aliphatic rings. The average molecular weight is 305 g/mol. The summed E-state index contributed by atoms with van der Waals surface area (Å²) >= 11 is 0. The van der Waals surface area contributed by atoms with Crippen molar-refractivity contribution >= 4 is 10.2 Å². The lowest BCUT2D eigenvalue weighted by molar-refractivity contribution is 0.203. The molecule has 120 valence electrons. The highest BCUT2D eigenvalue weighted by atomic mass is 32.2. The third-order valence-corrected chi connectivity index (χ3v) is 6.17. The van der Waals surface area contributed by atoms with Crippen molar-refractivity contribution in [3.8, 4) is 0 Å². The second-order valence-electron chi connectivity index (χ2n) is 6.39. The van der Waals surface area contributed by atoms with E-state index in [1.807, 2.05) is 0 Å². The predicted molar refractivity (Wildman–Crippen MR) is 83.8 cm³/mol. The highest BCUT2D eigenvalue weighted by Crippen LogP contribution is 2.25. The summed E-state index contributed by atoms with van der Waals surface area (Å²) in [6.07, 6.45) is 1.80. The number of piperidine rings is 1. The zero-order valence-electron chi connectivity index (χ0n) is 13.6. The highest BCUT2D eigenvalue weighted by molar-refractivity contribution is 7.86. The molecule has 20 heavy (non-hydrogen) atoms. The van der Waals surface area contributed by atoms with Crippen molar-refractivity contribution in [2.75, 3.05) is 33.2 Å². The van der Waals surface area contributed by atoms with E-state index in [2.05, 4.69) is 33.0 Å². The summed E-state index contributed by atoms with van der Waals surface area (Å²) in [4.78, 5) is 0. The van der Waals surface area contributed by atoms with Gasteiger partial charge in [0.1, 0.15) is 0 Å². The van der Waals surface area contributed by atoms with Gasteiger partial charge in [-0.05, 0) is 31.2 Å². The number of hydrogen-bond donors (Lipinski definition) is 1. The van der Waals surface area contributed by atoms with Crippen LogP contribution in [0.5, 0.6) is 0 Å². The van der Waals surface area contributed by atoms with E-state index in [4.69, 9.17) is 0 Å². The van der Waals surface area contributed by atoms with Crippen molar-refractivity contribution in [1.29, 1.82) is 0 Å². The van der Waals surface area contributed by atoms with Gasteiger partial charge in [0.2, 0.25) is 0 Å². The third kappa shape index (κ3) is 4.98. The molecule has 1 fully saturated rings. The SMILES string of the molecule is CC(C)NCCCN(C)S(=O)(=O)N1CCC(C)C(C)C1. The van der Waals surface area contributed by atoms with Gasteiger partial charge in [-0.2, -0.15) is 17.0 Å². The van der Waals surface area contributed by atoms with Gasteiger partial charge in [0.25, 0.3) is 10.2 Å². The summed E-state index contributed by atoms with van der Waals surface area (Å²) in [5.74, 6) is 1.05. The van der Waals surface area contributed by atoms with Crippen molar-refractivity contribution in [3.63, 3.8) is 0 Å². The first kappa shape index (κ1) is 17.9. The van der Waals surface area contributed by atoms with Crippen LogP contribution >= 0.6 is 0 Å². The summed E-state index contributed by atoms with van der Waals surface area (Å²) in [5, 5.41) is 3.31. The molecule has 0 saturated carbocycles. The van der Waals surface area contributed by atoms with E-state index in [1.54, 1.807) is 11.4 Å². The van der Waals surface area contributed by atoms with Gasteiger partial charge in [-0.1, -0.05) is 27.7 Å². The molecule has 1 N–H and O–H groups in total. The van der Waals surface area contributed by atoms with E-state index < -0.39 is 10.2 Å². The second kappa shape index (κ2) is 7.73. The molecule has 5 nitrogen and oxygen atoms in total. The smallest absolute Gasteiger partial charge is 0.281 e. The minimum atomic E-state index is -3.28. The van der Waals surface area contributed by atoms with Crippen LogP contribution in [0.15, 0.2) is 0 Å².